The largest absolute Gasteiger partial charge is 0.378 e. The van der Waals surface area contributed by atoms with E-state index in [1.807, 2.05) is 12.1 Å². The highest BCUT2D eigenvalue weighted by atomic mass is 35.5. The summed E-state index contributed by atoms with van der Waals surface area (Å²) >= 11 is 18.0. The molecule has 0 unspecified atom stereocenters. The Balaban J connectivity index is 2.13. The lowest BCUT2D eigenvalue weighted by Crippen LogP contribution is -2.01. The average molecular weight is 288 g/mol. The molecule has 0 fully saturated rings. The lowest BCUT2D eigenvalue weighted by Gasteiger charge is -2.09. The van der Waals surface area contributed by atoms with E-state index in [4.69, 9.17) is 34.8 Å². The molecule has 0 aliphatic heterocycles. The molecule has 0 spiro atoms. The van der Waals surface area contributed by atoms with Crippen molar-refractivity contribution in [2.45, 2.75) is 6.54 Å². The third-order valence-corrected chi connectivity index (χ3v) is 3.46. The minimum Gasteiger partial charge on any atom is -0.378 e. The first-order valence-corrected chi connectivity index (χ1v) is 6.08. The molecule has 2 rings (SSSR count). The third-order valence-electron chi connectivity index (χ3n) is 2.27. The van der Waals surface area contributed by atoms with E-state index in [0.717, 1.165) is 11.3 Å². The molecule has 1 N–H and O–H groups in total. The summed E-state index contributed by atoms with van der Waals surface area (Å²) in [6.07, 6.45) is 3.31. The first-order valence-electron chi connectivity index (χ1n) is 4.95. The summed E-state index contributed by atoms with van der Waals surface area (Å²) in [5, 5.41) is 4.88. The summed E-state index contributed by atoms with van der Waals surface area (Å²) in [6, 6.07) is 7.25. The minimum absolute atomic E-state index is 0.545. The van der Waals surface area contributed by atoms with Crippen LogP contribution in [0.25, 0.3) is 0 Å². The van der Waals surface area contributed by atoms with Crippen molar-refractivity contribution < 1.29 is 0 Å². The van der Waals surface area contributed by atoms with E-state index in [2.05, 4.69) is 10.3 Å². The second-order valence-electron chi connectivity index (χ2n) is 3.42. The van der Waals surface area contributed by atoms with Gasteiger partial charge in [-0.25, -0.2) is 0 Å². The second-order valence-corrected chi connectivity index (χ2v) is 4.61. The van der Waals surface area contributed by atoms with Gasteiger partial charge in [0.25, 0.3) is 0 Å². The summed E-state index contributed by atoms with van der Waals surface area (Å²) < 4.78 is 0. The Labute approximate surface area is 115 Å². The van der Waals surface area contributed by atoms with Gasteiger partial charge in [0.2, 0.25) is 0 Å². The quantitative estimate of drug-likeness (QED) is 0.888. The van der Waals surface area contributed by atoms with Gasteiger partial charge in [-0.15, -0.1) is 0 Å². The Morgan fingerprint density at radius 1 is 1.06 bits per heavy atom. The number of halogens is 3. The van der Waals surface area contributed by atoms with E-state index >= 15 is 0 Å². The zero-order valence-corrected chi connectivity index (χ0v) is 11.0. The molecule has 0 saturated heterocycles. The molecule has 0 bridgehead atoms. The fraction of sp³-hybridized carbons (Fsp3) is 0.0833. The number of aromatic nitrogens is 1. The van der Waals surface area contributed by atoms with Crippen LogP contribution < -0.4 is 5.32 Å². The standard InChI is InChI=1S/C12H9Cl3N2/c13-9-4-5-16-7-11(9)17-6-8-2-1-3-10(14)12(8)15/h1-5,7,17H,6H2. The molecule has 88 valence electrons. The highest BCUT2D eigenvalue weighted by Gasteiger charge is 2.05. The van der Waals surface area contributed by atoms with E-state index in [1.165, 1.54) is 0 Å². The van der Waals surface area contributed by atoms with Crippen LogP contribution in [0.4, 0.5) is 5.69 Å². The van der Waals surface area contributed by atoms with E-state index in [0.29, 0.717) is 21.6 Å². The van der Waals surface area contributed by atoms with Crippen LogP contribution in [-0.4, -0.2) is 4.98 Å². The fourth-order valence-electron chi connectivity index (χ4n) is 1.38. The van der Waals surface area contributed by atoms with E-state index in [-0.39, 0.29) is 0 Å². The maximum absolute atomic E-state index is 6.08. The van der Waals surface area contributed by atoms with Crippen LogP contribution in [-0.2, 0) is 6.54 Å². The van der Waals surface area contributed by atoms with Gasteiger partial charge in [0.15, 0.2) is 0 Å². The molecule has 1 aromatic heterocycles. The number of hydrogen-bond donors (Lipinski definition) is 1. The number of benzene rings is 1. The Morgan fingerprint density at radius 3 is 2.65 bits per heavy atom. The topological polar surface area (TPSA) is 24.9 Å². The summed E-state index contributed by atoms with van der Waals surface area (Å²) in [7, 11) is 0. The molecular formula is C12H9Cl3N2. The van der Waals surface area contributed by atoms with E-state index < -0.39 is 0 Å². The van der Waals surface area contributed by atoms with Crippen molar-refractivity contribution in [1.82, 2.24) is 4.98 Å². The number of nitrogens with zero attached hydrogens (tertiary/aromatic N) is 1. The van der Waals surface area contributed by atoms with Crippen LogP contribution in [0.3, 0.4) is 0 Å². The Kier molecular flexibility index (Phi) is 4.11. The van der Waals surface area contributed by atoms with Gasteiger partial charge in [-0.2, -0.15) is 0 Å². The van der Waals surface area contributed by atoms with Crippen LogP contribution in [0, 0.1) is 0 Å². The smallest absolute Gasteiger partial charge is 0.0718 e. The summed E-state index contributed by atoms with van der Waals surface area (Å²) in [5.41, 5.74) is 1.68. The van der Waals surface area contributed by atoms with Crippen LogP contribution in [0.15, 0.2) is 36.7 Å². The molecule has 0 aliphatic carbocycles. The molecule has 2 nitrogen and oxygen atoms in total. The third kappa shape index (κ3) is 3.03. The van der Waals surface area contributed by atoms with Gasteiger partial charge in [0.05, 0.1) is 27.0 Å². The molecule has 5 heteroatoms. The van der Waals surface area contributed by atoms with Crippen molar-refractivity contribution in [3.63, 3.8) is 0 Å². The summed E-state index contributed by atoms with van der Waals surface area (Å²) in [6.45, 7) is 0.546. The Hall–Kier alpha value is -0.960. The average Bonchev–Trinajstić information content (AvgIpc) is 2.33. The SMILES string of the molecule is Clc1ccncc1NCc1cccc(Cl)c1Cl. The van der Waals surface area contributed by atoms with Crippen molar-refractivity contribution in [3.8, 4) is 0 Å². The van der Waals surface area contributed by atoms with Crippen LogP contribution in [0.1, 0.15) is 5.56 Å². The zero-order chi connectivity index (χ0) is 12.3. The van der Waals surface area contributed by atoms with Crippen molar-refractivity contribution in [2.24, 2.45) is 0 Å². The van der Waals surface area contributed by atoms with Gasteiger partial charge in [-0.05, 0) is 17.7 Å². The Bertz CT molecular complexity index is 529. The first-order chi connectivity index (χ1) is 8.18. The van der Waals surface area contributed by atoms with Gasteiger partial charge in [-0.3, -0.25) is 4.98 Å². The molecular weight excluding hydrogens is 279 g/mol. The maximum Gasteiger partial charge on any atom is 0.0718 e. The maximum atomic E-state index is 6.08. The molecule has 0 amide bonds. The number of rotatable bonds is 3. The minimum atomic E-state index is 0.545. The van der Waals surface area contributed by atoms with Crippen molar-refractivity contribution in [2.75, 3.05) is 5.32 Å². The molecule has 0 aliphatic rings. The lowest BCUT2D eigenvalue weighted by atomic mass is 10.2. The predicted molar refractivity (Wildman–Crippen MR) is 73.0 cm³/mol. The van der Waals surface area contributed by atoms with Gasteiger partial charge >= 0.3 is 0 Å². The lowest BCUT2D eigenvalue weighted by molar-refractivity contribution is 1.14. The van der Waals surface area contributed by atoms with Gasteiger partial charge in [0.1, 0.15) is 0 Å². The normalized spacial score (nSPS) is 10.3. The number of hydrogen-bond acceptors (Lipinski definition) is 2. The molecule has 0 atom stereocenters. The monoisotopic (exact) mass is 286 g/mol. The van der Waals surface area contributed by atoms with E-state index in [9.17, 15) is 0 Å². The second kappa shape index (κ2) is 5.58. The van der Waals surface area contributed by atoms with E-state index in [1.54, 1.807) is 24.5 Å². The highest BCUT2D eigenvalue weighted by Crippen LogP contribution is 2.27. The molecule has 1 aromatic carbocycles. The number of anilines is 1. The van der Waals surface area contributed by atoms with Gasteiger partial charge in [0, 0.05) is 12.7 Å². The highest BCUT2D eigenvalue weighted by molar-refractivity contribution is 6.42. The van der Waals surface area contributed by atoms with Crippen molar-refractivity contribution in [1.29, 1.82) is 0 Å². The van der Waals surface area contributed by atoms with Crippen LogP contribution in [0.5, 0.6) is 0 Å². The summed E-state index contributed by atoms with van der Waals surface area (Å²) in [4.78, 5) is 3.99. The Morgan fingerprint density at radius 2 is 1.88 bits per heavy atom. The van der Waals surface area contributed by atoms with Crippen LogP contribution in [0.2, 0.25) is 15.1 Å². The predicted octanol–water partition coefficient (Wildman–Crippen LogP) is 4.65. The molecule has 17 heavy (non-hydrogen) atoms. The number of nitrogens with one attached hydrogen (secondary N) is 1. The molecule has 0 saturated carbocycles. The van der Waals surface area contributed by atoms with Crippen LogP contribution >= 0.6 is 34.8 Å². The molecule has 0 radical (unpaired) electrons. The fourth-order valence-corrected chi connectivity index (χ4v) is 1.94. The van der Waals surface area contributed by atoms with Gasteiger partial charge < -0.3 is 5.32 Å². The van der Waals surface area contributed by atoms with Gasteiger partial charge in [-0.1, -0.05) is 46.9 Å². The zero-order valence-electron chi connectivity index (χ0n) is 8.75. The summed E-state index contributed by atoms with van der Waals surface area (Å²) in [5.74, 6) is 0. The number of pyridine rings is 1. The molecule has 1 heterocycles. The van der Waals surface area contributed by atoms with Crippen molar-refractivity contribution in [3.05, 3.63) is 57.3 Å². The van der Waals surface area contributed by atoms with Crippen molar-refractivity contribution >= 4 is 40.5 Å². The first kappa shape index (κ1) is 12.5. The molecule has 2 aromatic rings.